The molecule has 0 aliphatic carbocycles. The lowest BCUT2D eigenvalue weighted by Crippen LogP contribution is -2.38. The lowest BCUT2D eigenvalue weighted by Gasteiger charge is -2.24. The molecule has 0 atom stereocenters. The van der Waals surface area contributed by atoms with E-state index in [2.05, 4.69) is 0 Å². The Bertz CT molecular complexity index is 2000. The summed E-state index contributed by atoms with van der Waals surface area (Å²) in [5.74, 6) is -5.70. The van der Waals surface area contributed by atoms with Crippen LogP contribution in [0.5, 0.6) is 0 Å². The van der Waals surface area contributed by atoms with Crippen LogP contribution in [0, 0.1) is 17.7 Å². The monoisotopic (exact) mass is 791 g/mol. The third-order valence-corrected chi connectivity index (χ3v) is 11.0. The van der Waals surface area contributed by atoms with Gasteiger partial charge in [-0.05, 0) is 72.2 Å². The molecule has 0 bridgehead atoms. The van der Waals surface area contributed by atoms with Gasteiger partial charge in [-0.15, -0.1) is 23.1 Å². The van der Waals surface area contributed by atoms with Crippen molar-refractivity contribution in [2.24, 2.45) is 11.5 Å². The van der Waals surface area contributed by atoms with Crippen LogP contribution in [0.2, 0.25) is 0 Å². The number of nitrogens with zero attached hydrogens (tertiary/aromatic N) is 1. The number of benzene rings is 3. The number of aryl methyl sites for hydroxylation is 1. The number of aliphatic carboxylic acids is 2. The molecule has 0 radical (unpaired) electrons. The van der Waals surface area contributed by atoms with E-state index in [1.54, 1.807) is 29.4 Å². The second kappa shape index (κ2) is 17.9. The first-order valence-electron chi connectivity index (χ1n) is 14.2. The highest BCUT2D eigenvalue weighted by molar-refractivity contribution is 8.01. The van der Waals surface area contributed by atoms with Gasteiger partial charge < -0.3 is 26.6 Å². The van der Waals surface area contributed by atoms with E-state index in [4.69, 9.17) is 42.1 Å². The maximum absolute atomic E-state index is 13.6. The lowest BCUT2D eigenvalue weighted by molar-refractivity contribution is -0.193. The van der Waals surface area contributed by atoms with E-state index < -0.39 is 34.1 Å². The number of carboxylic acids is 2. The van der Waals surface area contributed by atoms with Crippen LogP contribution in [0.3, 0.4) is 0 Å². The molecule has 0 saturated heterocycles. The van der Waals surface area contributed by atoms with Crippen LogP contribution in [-0.2, 0) is 25.8 Å². The maximum Gasteiger partial charge on any atom is 0.490 e. The minimum absolute atomic E-state index is 0.0357. The van der Waals surface area contributed by atoms with Crippen molar-refractivity contribution in [3.05, 3.63) is 94.9 Å². The molecular formula is C32H31F6N5O6S3. The Kier molecular flexibility index (Phi) is 14.8. The summed E-state index contributed by atoms with van der Waals surface area (Å²) in [4.78, 5) is 20.3. The summed E-state index contributed by atoms with van der Waals surface area (Å²) in [6, 6.07) is 24.2. The number of carbonyl (C=O) groups is 2. The van der Waals surface area contributed by atoms with Crippen LogP contribution in [0.15, 0.2) is 92.9 Å². The van der Waals surface area contributed by atoms with Gasteiger partial charge in [0.2, 0.25) is 9.84 Å². The highest BCUT2D eigenvalue weighted by atomic mass is 32.2. The van der Waals surface area contributed by atoms with Gasteiger partial charge in [-0.1, -0.05) is 48.5 Å². The van der Waals surface area contributed by atoms with Gasteiger partial charge in [-0.25, -0.2) is 18.0 Å². The summed E-state index contributed by atoms with van der Waals surface area (Å²) in [5.41, 5.74) is 16.1. The minimum Gasteiger partial charge on any atom is -0.475 e. The maximum atomic E-state index is 13.6. The molecule has 0 fully saturated rings. The molecule has 1 heterocycles. The summed E-state index contributed by atoms with van der Waals surface area (Å²) in [5, 5.41) is 30.1. The number of amidine groups is 1. The van der Waals surface area contributed by atoms with Gasteiger partial charge in [-0.2, -0.15) is 26.3 Å². The fourth-order valence-electron chi connectivity index (χ4n) is 4.19. The molecule has 3 aromatic carbocycles. The minimum atomic E-state index is -5.08. The van der Waals surface area contributed by atoms with Gasteiger partial charge >= 0.3 is 24.3 Å². The lowest BCUT2D eigenvalue weighted by atomic mass is 9.99. The van der Waals surface area contributed by atoms with Crippen molar-refractivity contribution < 1.29 is 54.6 Å². The number of rotatable bonds is 9. The van der Waals surface area contributed by atoms with Crippen molar-refractivity contribution >= 4 is 62.4 Å². The van der Waals surface area contributed by atoms with Crippen LogP contribution in [0.25, 0.3) is 11.1 Å². The van der Waals surface area contributed by atoms with Crippen LogP contribution in [-0.4, -0.2) is 67.5 Å². The molecule has 4 rings (SSSR count). The first-order chi connectivity index (χ1) is 24.0. The topological polar surface area (TPSA) is 212 Å². The average Bonchev–Trinajstić information content (AvgIpc) is 3.51. The van der Waals surface area contributed by atoms with Crippen molar-refractivity contribution in [1.82, 2.24) is 0 Å². The van der Waals surface area contributed by atoms with Gasteiger partial charge in [0.05, 0.1) is 18.9 Å². The molecule has 52 heavy (non-hydrogen) atoms. The number of hydrogen-bond acceptors (Lipinski definition) is 8. The first kappa shape index (κ1) is 43.1. The van der Waals surface area contributed by atoms with E-state index in [1.807, 2.05) is 61.5 Å². The Balaban J connectivity index is 0.000000564. The largest absolute Gasteiger partial charge is 0.490 e. The molecule has 8 N–H and O–H groups in total. The van der Waals surface area contributed by atoms with Gasteiger partial charge in [0.15, 0.2) is 5.96 Å². The van der Waals surface area contributed by atoms with E-state index in [0.29, 0.717) is 15.6 Å². The zero-order chi connectivity index (χ0) is 39.6. The second-order valence-corrected chi connectivity index (χ2v) is 14.3. The van der Waals surface area contributed by atoms with E-state index in [-0.39, 0.29) is 21.6 Å². The second-order valence-electron chi connectivity index (χ2n) is 10.3. The number of thiophene rings is 1. The number of nitrogen functional groups attached to an aromatic ring is 1. The molecule has 11 nitrogen and oxygen atoms in total. The van der Waals surface area contributed by atoms with E-state index in [1.165, 1.54) is 29.2 Å². The Labute approximate surface area is 301 Å². The number of thioether (sulfide) groups is 1. The number of nitrogens with two attached hydrogens (primary N) is 2. The van der Waals surface area contributed by atoms with Crippen molar-refractivity contribution in [3.63, 3.8) is 0 Å². The predicted molar refractivity (Wildman–Crippen MR) is 186 cm³/mol. The van der Waals surface area contributed by atoms with Crippen molar-refractivity contribution in [2.45, 2.75) is 39.7 Å². The molecular weight excluding hydrogens is 761 g/mol. The zero-order valence-corrected chi connectivity index (χ0v) is 29.5. The van der Waals surface area contributed by atoms with Gasteiger partial charge in [-0.3, -0.25) is 10.8 Å². The predicted octanol–water partition coefficient (Wildman–Crippen LogP) is 6.77. The molecule has 0 saturated carbocycles. The third-order valence-electron chi connectivity index (χ3n) is 6.63. The van der Waals surface area contributed by atoms with Crippen LogP contribution >= 0.6 is 23.1 Å². The van der Waals surface area contributed by atoms with Crippen LogP contribution in [0.1, 0.15) is 16.0 Å². The Hall–Kier alpha value is -5.08. The number of carboxylic acid groups (broad SMARTS) is 2. The molecule has 0 amide bonds. The molecule has 0 aliphatic rings. The summed E-state index contributed by atoms with van der Waals surface area (Å²) >= 11 is 2.53. The number of guanidine groups is 1. The summed E-state index contributed by atoms with van der Waals surface area (Å²) < 4.78 is 91.2. The summed E-state index contributed by atoms with van der Waals surface area (Å²) in [7, 11) is -3.82. The number of halogens is 6. The first-order valence-corrected chi connectivity index (χ1v) is 17.8. The van der Waals surface area contributed by atoms with Gasteiger partial charge in [0.1, 0.15) is 5.84 Å². The molecule has 0 aliphatic heterocycles. The number of anilines is 1. The number of hydrogen-bond donors (Lipinski definition) is 6. The Morgan fingerprint density at radius 2 is 1.42 bits per heavy atom. The van der Waals surface area contributed by atoms with Crippen LogP contribution in [0.4, 0.5) is 32.0 Å². The third kappa shape index (κ3) is 12.0. The Morgan fingerprint density at radius 1 is 0.865 bits per heavy atom. The molecule has 280 valence electrons. The molecule has 4 aromatic rings. The normalized spacial score (nSPS) is 11.3. The zero-order valence-electron chi connectivity index (χ0n) is 27.0. The highest BCUT2D eigenvalue weighted by Crippen LogP contribution is 2.38. The number of sulfone groups is 1. The Morgan fingerprint density at radius 3 is 1.88 bits per heavy atom. The average molecular weight is 792 g/mol. The fraction of sp³-hybridized carbons (Fsp3) is 0.188. The standard InChI is InChI=1S/C28H29N5O2S3.2C2HF3O2/c1-18-15-21(33(28(31)32)14-13-19-7-4-3-5-8-19)11-12-23(18)20-9-6-10-22(16-20)38(34,35)25-17-24(26(29)30)37-27(25)36-2;2*3-2(4,5)1(6)7/h3-12,15-17H,13-14H2,1-2H3,(H3,29,30)(H3,31,32);2*(H,6,7). The van der Waals surface area contributed by atoms with Crippen molar-refractivity contribution in [2.75, 3.05) is 17.7 Å². The van der Waals surface area contributed by atoms with Crippen LogP contribution < -0.4 is 16.4 Å². The highest BCUT2D eigenvalue weighted by Gasteiger charge is 2.39. The fourth-order valence-corrected chi connectivity index (χ4v) is 8.09. The molecule has 0 unspecified atom stereocenters. The smallest absolute Gasteiger partial charge is 0.475 e. The van der Waals surface area contributed by atoms with E-state index >= 15 is 0 Å². The van der Waals surface area contributed by atoms with Crippen molar-refractivity contribution in [3.8, 4) is 11.1 Å². The number of alkyl halides is 6. The molecule has 1 aromatic heterocycles. The van der Waals surface area contributed by atoms with Gasteiger partial charge in [0.25, 0.3) is 0 Å². The SMILES string of the molecule is CSc1sc(C(=N)N)cc1S(=O)(=O)c1cccc(-c2ccc(N(CCc3ccccc3)C(=N)N)cc2C)c1.O=C(O)C(F)(F)F.O=C(O)C(F)(F)F. The van der Waals surface area contributed by atoms with Crippen molar-refractivity contribution in [1.29, 1.82) is 10.8 Å². The van der Waals surface area contributed by atoms with Gasteiger partial charge in [0, 0.05) is 12.2 Å². The summed E-state index contributed by atoms with van der Waals surface area (Å²) in [6.45, 7) is 2.52. The molecule has 20 heteroatoms. The van der Waals surface area contributed by atoms with E-state index in [0.717, 1.165) is 34.4 Å². The number of nitrogens with one attached hydrogen (secondary N) is 2. The summed E-state index contributed by atoms with van der Waals surface area (Å²) in [6.07, 6.45) is -7.62. The quantitative estimate of drug-likeness (QED) is 0.0453. The molecule has 0 spiro atoms. The van der Waals surface area contributed by atoms with E-state index in [9.17, 15) is 34.8 Å².